The van der Waals surface area contributed by atoms with Crippen molar-refractivity contribution >= 4 is 0 Å². The summed E-state index contributed by atoms with van der Waals surface area (Å²) >= 11 is 0. The van der Waals surface area contributed by atoms with Crippen molar-refractivity contribution in [3.63, 3.8) is 0 Å². The van der Waals surface area contributed by atoms with E-state index in [1.807, 2.05) is 0 Å². The van der Waals surface area contributed by atoms with E-state index in [9.17, 15) is 0 Å². The van der Waals surface area contributed by atoms with Gasteiger partial charge in [-0.15, -0.1) is 0 Å². The summed E-state index contributed by atoms with van der Waals surface area (Å²) < 4.78 is 5.65. The Morgan fingerprint density at radius 2 is 1.73 bits per heavy atom. The third kappa shape index (κ3) is 13.9. The molecule has 92 valence electrons. The number of hydrogen-bond donors (Lipinski definition) is 1. The Balaban J connectivity index is 3.06. The first-order chi connectivity index (χ1) is 6.92. The van der Waals surface area contributed by atoms with Crippen LogP contribution in [0.4, 0.5) is 0 Å². The molecule has 0 heterocycles. The minimum Gasteiger partial charge on any atom is -0.376 e. The number of ether oxygens (including phenoxy) is 1. The maximum atomic E-state index is 5.65. The Morgan fingerprint density at radius 3 is 2.27 bits per heavy atom. The van der Waals surface area contributed by atoms with Gasteiger partial charge < -0.3 is 10.1 Å². The Hall–Kier alpha value is -0.0800. The lowest BCUT2D eigenvalue weighted by Crippen LogP contribution is -2.21. The van der Waals surface area contributed by atoms with Crippen molar-refractivity contribution in [1.82, 2.24) is 5.32 Å². The van der Waals surface area contributed by atoms with E-state index in [4.69, 9.17) is 4.74 Å². The van der Waals surface area contributed by atoms with Gasteiger partial charge in [0.05, 0.1) is 5.60 Å². The van der Waals surface area contributed by atoms with Crippen molar-refractivity contribution in [3.8, 4) is 0 Å². The highest BCUT2D eigenvalue weighted by Crippen LogP contribution is 2.08. The van der Waals surface area contributed by atoms with Crippen molar-refractivity contribution in [3.05, 3.63) is 0 Å². The van der Waals surface area contributed by atoms with Gasteiger partial charge in [0.25, 0.3) is 0 Å². The maximum Gasteiger partial charge on any atom is 0.0598 e. The molecule has 0 spiro atoms. The second-order valence-electron chi connectivity index (χ2n) is 5.62. The predicted molar refractivity (Wildman–Crippen MR) is 67.3 cm³/mol. The van der Waals surface area contributed by atoms with Crippen LogP contribution in [0.1, 0.15) is 53.9 Å². The zero-order chi connectivity index (χ0) is 11.7. The van der Waals surface area contributed by atoms with E-state index in [1.54, 1.807) is 0 Å². The van der Waals surface area contributed by atoms with Gasteiger partial charge in [-0.05, 0) is 59.0 Å². The molecule has 0 amide bonds. The van der Waals surface area contributed by atoms with E-state index in [1.165, 1.54) is 19.3 Å². The van der Waals surface area contributed by atoms with Crippen molar-refractivity contribution in [2.24, 2.45) is 5.92 Å². The molecule has 0 radical (unpaired) electrons. The number of nitrogens with one attached hydrogen (secondary N) is 1. The van der Waals surface area contributed by atoms with Crippen LogP contribution in [-0.4, -0.2) is 25.3 Å². The molecule has 0 saturated carbocycles. The first kappa shape index (κ1) is 14.9. The van der Waals surface area contributed by atoms with Gasteiger partial charge in [-0.1, -0.05) is 13.8 Å². The van der Waals surface area contributed by atoms with Crippen LogP contribution < -0.4 is 5.32 Å². The second-order valence-corrected chi connectivity index (χ2v) is 5.62. The molecule has 15 heavy (non-hydrogen) atoms. The van der Waals surface area contributed by atoms with Gasteiger partial charge >= 0.3 is 0 Å². The minimum atomic E-state index is 0.0237. The quantitative estimate of drug-likeness (QED) is 0.628. The van der Waals surface area contributed by atoms with Crippen LogP contribution in [0, 0.1) is 5.92 Å². The van der Waals surface area contributed by atoms with Gasteiger partial charge in [0.1, 0.15) is 0 Å². The lowest BCUT2D eigenvalue weighted by Gasteiger charge is -2.19. The average molecular weight is 215 g/mol. The molecule has 0 saturated heterocycles. The Bertz CT molecular complexity index is 138. The fraction of sp³-hybridized carbons (Fsp3) is 1.00. The summed E-state index contributed by atoms with van der Waals surface area (Å²) in [6.07, 6.45) is 3.71. The van der Waals surface area contributed by atoms with Gasteiger partial charge in [0, 0.05) is 6.61 Å². The van der Waals surface area contributed by atoms with Crippen LogP contribution in [0.15, 0.2) is 0 Å². The van der Waals surface area contributed by atoms with E-state index in [0.717, 1.165) is 25.6 Å². The molecule has 0 atom stereocenters. The normalized spacial score (nSPS) is 12.4. The van der Waals surface area contributed by atoms with Crippen LogP contribution in [-0.2, 0) is 4.74 Å². The molecule has 0 aliphatic carbocycles. The van der Waals surface area contributed by atoms with E-state index in [2.05, 4.69) is 39.9 Å². The molecule has 0 unspecified atom stereocenters. The third-order valence-electron chi connectivity index (χ3n) is 2.09. The Labute approximate surface area is 95.8 Å². The molecule has 2 heteroatoms. The standard InChI is InChI=1S/C13H29NO/c1-12(2)11-14-9-7-6-8-10-15-13(3,4)5/h12,14H,6-11H2,1-5H3. The fourth-order valence-corrected chi connectivity index (χ4v) is 1.30. The van der Waals surface area contributed by atoms with Crippen molar-refractivity contribution in [2.75, 3.05) is 19.7 Å². The molecular weight excluding hydrogens is 186 g/mol. The highest BCUT2D eigenvalue weighted by atomic mass is 16.5. The zero-order valence-electron chi connectivity index (χ0n) is 11.2. The largest absolute Gasteiger partial charge is 0.376 e. The summed E-state index contributed by atoms with van der Waals surface area (Å²) in [6, 6.07) is 0. The Morgan fingerprint density at radius 1 is 1.07 bits per heavy atom. The highest BCUT2D eigenvalue weighted by Gasteiger charge is 2.08. The molecule has 0 aliphatic heterocycles. The molecule has 2 nitrogen and oxygen atoms in total. The SMILES string of the molecule is CC(C)CNCCCCCOC(C)(C)C. The van der Waals surface area contributed by atoms with Crippen molar-refractivity contribution in [1.29, 1.82) is 0 Å². The summed E-state index contributed by atoms with van der Waals surface area (Å²) in [7, 11) is 0. The van der Waals surface area contributed by atoms with Gasteiger partial charge in [0.2, 0.25) is 0 Å². The first-order valence-electron chi connectivity index (χ1n) is 6.26. The predicted octanol–water partition coefficient (Wildman–Crippen LogP) is 3.22. The molecule has 0 rings (SSSR count). The number of unbranched alkanes of at least 4 members (excludes halogenated alkanes) is 2. The summed E-state index contributed by atoms with van der Waals surface area (Å²) in [6.45, 7) is 14.0. The molecule has 0 fully saturated rings. The first-order valence-corrected chi connectivity index (χ1v) is 6.26. The summed E-state index contributed by atoms with van der Waals surface area (Å²) in [5.74, 6) is 0.759. The lowest BCUT2D eigenvalue weighted by atomic mass is 10.2. The molecule has 0 aromatic carbocycles. The molecular formula is C13H29NO. The van der Waals surface area contributed by atoms with Crippen LogP contribution in [0.3, 0.4) is 0 Å². The highest BCUT2D eigenvalue weighted by molar-refractivity contribution is 4.58. The number of hydrogen-bond acceptors (Lipinski definition) is 2. The second kappa shape index (κ2) is 8.12. The van der Waals surface area contributed by atoms with E-state index in [0.29, 0.717) is 0 Å². The van der Waals surface area contributed by atoms with E-state index >= 15 is 0 Å². The number of rotatable bonds is 8. The third-order valence-corrected chi connectivity index (χ3v) is 2.09. The van der Waals surface area contributed by atoms with Crippen molar-refractivity contribution in [2.45, 2.75) is 59.5 Å². The van der Waals surface area contributed by atoms with Gasteiger partial charge in [0.15, 0.2) is 0 Å². The van der Waals surface area contributed by atoms with Crippen LogP contribution in [0.2, 0.25) is 0 Å². The fourth-order valence-electron chi connectivity index (χ4n) is 1.30. The van der Waals surface area contributed by atoms with Gasteiger partial charge in [-0.25, -0.2) is 0 Å². The van der Waals surface area contributed by atoms with Crippen LogP contribution in [0.25, 0.3) is 0 Å². The monoisotopic (exact) mass is 215 g/mol. The maximum absolute atomic E-state index is 5.65. The smallest absolute Gasteiger partial charge is 0.0598 e. The Kier molecular flexibility index (Phi) is 8.07. The average Bonchev–Trinajstić information content (AvgIpc) is 2.07. The molecule has 0 aromatic heterocycles. The van der Waals surface area contributed by atoms with Gasteiger partial charge in [-0.3, -0.25) is 0 Å². The molecule has 0 aromatic rings. The molecule has 0 bridgehead atoms. The van der Waals surface area contributed by atoms with Gasteiger partial charge in [-0.2, -0.15) is 0 Å². The summed E-state index contributed by atoms with van der Waals surface area (Å²) in [4.78, 5) is 0. The van der Waals surface area contributed by atoms with Crippen LogP contribution in [0.5, 0.6) is 0 Å². The topological polar surface area (TPSA) is 21.3 Å². The molecule has 0 aliphatic rings. The lowest BCUT2D eigenvalue weighted by molar-refractivity contribution is -0.00469. The summed E-state index contributed by atoms with van der Waals surface area (Å²) in [5.41, 5.74) is 0.0237. The van der Waals surface area contributed by atoms with Crippen LogP contribution >= 0.6 is 0 Å². The van der Waals surface area contributed by atoms with E-state index in [-0.39, 0.29) is 5.60 Å². The van der Waals surface area contributed by atoms with Crippen molar-refractivity contribution < 1.29 is 4.74 Å². The minimum absolute atomic E-state index is 0.0237. The van der Waals surface area contributed by atoms with E-state index < -0.39 is 0 Å². The zero-order valence-corrected chi connectivity index (χ0v) is 11.2. The summed E-state index contributed by atoms with van der Waals surface area (Å²) in [5, 5.41) is 3.45. The molecule has 1 N–H and O–H groups in total.